The molecule has 0 bridgehead atoms. The fourth-order valence-electron chi connectivity index (χ4n) is 7.13. The predicted molar refractivity (Wildman–Crippen MR) is 199 cm³/mol. The van der Waals surface area contributed by atoms with Crippen LogP contribution >= 0.6 is 0 Å². The number of aryl methyl sites for hydroxylation is 2. The zero-order valence-corrected chi connectivity index (χ0v) is 31.6. The van der Waals surface area contributed by atoms with Crippen LogP contribution in [-0.2, 0) is 19.5 Å². The van der Waals surface area contributed by atoms with Crippen LogP contribution in [-0.4, -0.2) is 92.6 Å². The van der Waals surface area contributed by atoms with E-state index in [9.17, 15) is 13.2 Å². The fourth-order valence-corrected chi connectivity index (χ4v) is 8.44. The van der Waals surface area contributed by atoms with Gasteiger partial charge in [-0.15, -0.1) is 0 Å². The number of fused-ring (bicyclic) bond motifs is 1. The topological polar surface area (TPSA) is 138 Å². The molecule has 0 unspecified atom stereocenters. The maximum atomic E-state index is 13.8. The number of hydrogen-bond donors (Lipinski definition) is 0. The number of anilines is 1. The van der Waals surface area contributed by atoms with Gasteiger partial charge < -0.3 is 19.3 Å². The van der Waals surface area contributed by atoms with E-state index >= 15 is 0 Å². The van der Waals surface area contributed by atoms with Crippen molar-refractivity contribution in [2.75, 3.05) is 37.7 Å². The monoisotopic (exact) mass is 726 g/mol. The Bertz CT molecular complexity index is 2230. The highest BCUT2D eigenvalue weighted by molar-refractivity contribution is 7.90. The molecule has 13 nitrogen and oxygen atoms in total. The SMILES string of the molecule is Cc1ccc(S(=O)(=O)n2ccc3c(-c4nc(-c5c(C)nn(C6CCN(C(=O)OC(C)(C)C)CC6)c5C)cc(N5CCOC[C@H]5C)n4)ccnc32)cc1. The predicted octanol–water partition coefficient (Wildman–Crippen LogP) is 6.32. The van der Waals surface area contributed by atoms with Gasteiger partial charge in [0.05, 0.1) is 41.6 Å². The number of ether oxygens (including phenoxy) is 2. The summed E-state index contributed by atoms with van der Waals surface area (Å²) in [5.41, 5.74) is 4.86. The van der Waals surface area contributed by atoms with Crippen LogP contribution in [0.25, 0.3) is 33.7 Å². The van der Waals surface area contributed by atoms with E-state index in [0.29, 0.717) is 55.3 Å². The van der Waals surface area contributed by atoms with Crippen molar-refractivity contribution in [2.24, 2.45) is 0 Å². The lowest BCUT2D eigenvalue weighted by Gasteiger charge is -2.34. The second-order valence-corrected chi connectivity index (χ2v) is 16.6. The lowest BCUT2D eigenvalue weighted by molar-refractivity contribution is 0.0184. The number of carbonyl (C=O) groups excluding carboxylic acids is 1. The molecule has 4 aromatic heterocycles. The van der Waals surface area contributed by atoms with Gasteiger partial charge in [-0.05, 0) is 85.6 Å². The molecule has 0 aliphatic carbocycles. The summed E-state index contributed by atoms with van der Waals surface area (Å²) >= 11 is 0. The normalized spacial score (nSPS) is 17.6. The van der Waals surface area contributed by atoms with Gasteiger partial charge in [0.2, 0.25) is 0 Å². The second-order valence-electron chi connectivity index (χ2n) is 14.8. The molecule has 14 heteroatoms. The molecule has 52 heavy (non-hydrogen) atoms. The summed E-state index contributed by atoms with van der Waals surface area (Å²) in [5.74, 6) is 1.21. The van der Waals surface area contributed by atoms with Crippen molar-refractivity contribution in [2.45, 2.75) is 83.9 Å². The molecule has 0 radical (unpaired) electrons. The number of hydrogen-bond acceptors (Lipinski definition) is 10. The molecule has 1 amide bonds. The van der Waals surface area contributed by atoms with Crippen LogP contribution in [0, 0.1) is 20.8 Å². The molecule has 1 aromatic carbocycles. The summed E-state index contributed by atoms with van der Waals surface area (Å²) in [6, 6.07) is 12.6. The highest BCUT2D eigenvalue weighted by atomic mass is 32.2. The number of likely N-dealkylation sites (tertiary alicyclic amines) is 1. The number of morpholine rings is 1. The lowest BCUT2D eigenvalue weighted by Crippen LogP contribution is -2.44. The average Bonchev–Trinajstić information content (AvgIpc) is 3.68. The maximum Gasteiger partial charge on any atom is 0.410 e. The first-order valence-electron chi connectivity index (χ1n) is 17.8. The number of pyridine rings is 1. The Kier molecular flexibility index (Phi) is 9.32. The number of aromatic nitrogens is 6. The van der Waals surface area contributed by atoms with Crippen molar-refractivity contribution < 1.29 is 22.7 Å². The van der Waals surface area contributed by atoms with Crippen LogP contribution in [0.3, 0.4) is 0 Å². The first kappa shape index (κ1) is 35.6. The van der Waals surface area contributed by atoms with Crippen LogP contribution in [0.2, 0.25) is 0 Å². The Morgan fingerprint density at radius 2 is 1.71 bits per heavy atom. The lowest BCUT2D eigenvalue weighted by atomic mass is 10.0. The Morgan fingerprint density at radius 1 is 0.981 bits per heavy atom. The van der Waals surface area contributed by atoms with Gasteiger partial charge in [-0.3, -0.25) is 4.68 Å². The van der Waals surface area contributed by atoms with Crippen molar-refractivity contribution >= 4 is 33.0 Å². The molecule has 5 aromatic rings. The van der Waals surface area contributed by atoms with Crippen LogP contribution in [0.15, 0.2) is 59.8 Å². The van der Waals surface area contributed by atoms with E-state index in [1.54, 1.807) is 41.4 Å². The summed E-state index contributed by atoms with van der Waals surface area (Å²) < 4.78 is 42.2. The molecule has 0 spiro atoms. The largest absolute Gasteiger partial charge is 0.444 e. The van der Waals surface area contributed by atoms with Gasteiger partial charge in [0.15, 0.2) is 11.5 Å². The highest BCUT2D eigenvalue weighted by Crippen LogP contribution is 2.36. The zero-order valence-electron chi connectivity index (χ0n) is 30.8. The van der Waals surface area contributed by atoms with Crippen LogP contribution < -0.4 is 4.90 Å². The zero-order chi connectivity index (χ0) is 36.9. The van der Waals surface area contributed by atoms with E-state index in [-0.39, 0.29) is 23.1 Å². The molecule has 2 fully saturated rings. The Labute approximate surface area is 304 Å². The molecular weight excluding hydrogens is 681 g/mol. The van der Waals surface area contributed by atoms with Gasteiger partial charge in [-0.1, -0.05) is 17.7 Å². The van der Waals surface area contributed by atoms with E-state index in [4.69, 9.17) is 24.5 Å². The van der Waals surface area contributed by atoms with Crippen molar-refractivity contribution in [1.82, 2.24) is 33.6 Å². The van der Waals surface area contributed by atoms with Gasteiger partial charge in [-0.2, -0.15) is 5.10 Å². The first-order valence-corrected chi connectivity index (χ1v) is 19.2. The van der Waals surface area contributed by atoms with Crippen LogP contribution in [0.1, 0.15) is 63.5 Å². The smallest absolute Gasteiger partial charge is 0.410 e. The molecular formula is C38H46N8O5S. The maximum absolute atomic E-state index is 13.8. The van der Waals surface area contributed by atoms with Crippen molar-refractivity contribution in [3.63, 3.8) is 0 Å². The summed E-state index contributed by atoms with van der Waals surface area (Å²) in [6.45, 7) is 16.7. The Balaban J connectivity index is 1.28. The fraction of sp³-hybridized carbons (Fsp3) is 0.447. The molecule has 7 rings (SSSR count). The molecule has 0 saturated carbocycles. The van der Waals surface area contributed by atoms with Gasteiger partial charge in [0.1, 0.15) is 11.4 Å². The third-order valence-electron chi connectivity index (χ3n) is 9.79. The summed E-state index contributed by atoms with van der Waals surface area (Å²) in [5, 5.41) is 5.64. The summed E-state index contributed by atoms with van der Waals surface area (Å²) in [6.07, 6.45) is 4.36. The summed E-state index contributed by atoms with van der Waals surface area (Å²) in [4.78, 5) is 31.7. The third-order valence-corrected chi connectivity index (χ3v) is 11.5. The molecule has 2 aliphatic rings. The highest BCUT2D eigenvalue weighted by Gasteiger charge is 2.31. The molecule has 274 valence electrons. The van der Waals surface area contributed by atoms with E-state index in [1.807, 2.05) is 46.8 Å². The quantitative estimate of drug-likeness (QED) is 0.196. The van der Waals surface area contributed by atoms with Crippen molar-refractivity contribution in [3.05, 3.63) is 71.8 Å². The number of carbonyl (C=O) groups is 1. The number of benzene rings is 1. The molecule has 6 heterocycles. The Morgan fingerprint density at radius 3 is 2.40 bits per heavy atom. The van der Waals surface area contributed by atoms with Gasteiger partial charge in [0.25, 0.3) is 10.0 Å². The van der Waals surface area contributed by atoms with E-state index in [0.717, 1.165) is 46.9 Å². The summed E-state index contributed by atoms with van der Waals surface area (Å²) in [7, 11) is -3.91. The number of nitrogens with zero attached hydrogens (tertiary/aromatic N) is 8. The molecule has 1 atom stereocenters. The van der Waals surface area contributed by atoms with E-state index in [2.05, 4.69) is 28.4 Å². The molecule has 0 N–H and O–H groups in total. The average molecular weight is 727 g/mol. The van der Waals surface area contributed by atoms with Gasteiger partial charge in [-0.25, -0.2) is 32.1 Å². The number of amides is 1. The number of rotatable bonds is 6. The first-order chi connectivity index (χ1) is 24.7. The molecule has 2 aliphatic heterocycles. The van der Waals surface area contributed by atoms with Crippen LogP contribution in [0.5, 0.6) is 0 Å². The third kappa shape index (κ3) is 6.76. The standard InChI is InChI=1S/C38H46N8O5S/c1-24-8-10-29(11-9-24)52(48,49)45-19-15-31-30(12-16-39-36(31)45)35-40-32(22-33(41-35)44-20-21-50-23-25(44)2)34-26(3)42-46(27(34)4)28-13-17-43(18-14-28)37(47)51-38(5,6)7/h8-12,15-16,19,22,25,28H,13-14,17-18,20-21,23H2,1-7H3/t25-/m1/s1. The van der Waals surface area contributed by atoms with Crippen molar-refractivity contribution in [1.29, 1.82) is 0 Å². The van der Waals surface area contributed by atoms with Gasteiger partial charge >= 0.3 is 6.09 Å². The van der Waals surface area contributed by atoms with Crippen molar-refractivity contribution in [3.8, 4) is 22.6 Å². The van der Waals surface area contributed by atoms with E-state index < -0.39 is 15.6 Å². The number of piperidine rings is 1. The minimum absolute atomic E-state index is 0.0858. The Hall–Kier alpha value is -4.82. The van der Waals surface area contributed by atoms with Crippen LogP contribution in [0.4, 0.5) is 10.6 Å². The minimum Gasteiger partial charge on any atom is -0.444 e. The minimum atomic E-state index is -3.91. The van der Waals surface area contributed by atoms with E-state index in [1.165, 1.54) is 10.2 Å². The molecule has 2 saturated heterocycles. The second kappa shape index (κ2) is 13.6. The van der Waals surface area contributed by atoms with Gasteiger partial charge in [0, 0.05) is 60.3 Å².